The highest BCUT2D eigenvalue weighted by atomic mass is 16.6. The molecule has 0 aromatic heterocycles. The maximum atomic E-state index is 13.7. The van der Waals surface area contributed by atoms with E-state index in [1.807, 2.05) is 13.8 Å². The normalized spacial score (nSPS) is 12.5. The molecule has 0 spiro atoms. The molecule has 1 aromatic rings. The van der Waals surface area contributed by atoms with Crippen molar-refractivity contribution in [1.29, 1.82) is 0 Å². The van der Waals surface area contributed by atoms with Crippen LogP contribution < -0.4 is 37.6 Å². The lowest BCUT2D eigenvalue weighted by atomic mass is 10.0. The highest BCUT2D eigenvalue weighted by Crippen LogP contribution is 2.15. The van der Waals surface area contributed by atoms with Gasteiger partial charge in [-0.15, -0.1) is 0 Å². The van der Waals surface area contributed by atoms with Crippen molar-refractivity contribution in [3.05, 3.63) is 29.8 Å². The number of carbonyl (C=O) groups is 9. The molecule has 0 fully saturated rings. The second-order valence-corrected chi connectivity index (χ2v) is 16.8. The first kappa shape index (κ1) is 59.5. The third kappa shape index (κ3) is 29.0. The number of Topliss-reactive ketones (excluding diaryl/α,β-unsaturated/α-hetero) is 2. The number of anilines is 1. The molecule has 21 nitrogen and oxygen atoms in total. The average Bonchev–Trinajstić information content (AvgIpc) is 3.27. The number of hydrogen-bond donors (Lipinski definition) is 8. The fourth-order valence-corrected chi connectivity index (χ4v) is 5.98. The second kappa shape index (κ2) is 34.7. The Morgan fingerprint density at radius 1 is 0.552 bits per heavy atom. The van der Waals surface area contributed by atoms with E-state index in [1.165, 1.54) is 0 Å². The van der Waals surface area contributed by atoms with Crippen LogP contribution in [-0.2, 0) is 63.7 Å². The number of aryl methyl sites for hydroxylation is 1. The number of hydrogen-bond acceptors (Lipinski definition) is 13. The summed E-state index contributed by atoms with van der Waals surface area (Å²) in [7, 11) is 0. The number of nitrogens with two attached hydrogens (primary N) is 1. The summed E-state index contributed by atoms with van der Waals surface area (Å²) in [6.07, 6.45) is 0.764. The fraction of sp³-hybridized carbons (Fsp3) is 0.674. The topological polar surface area (TPSA) is 309 Å². The van der Waals surface area contributed by atoms with Gasteiger partial charge in [-0.05, 0) is 49.3 Å². The molecule has 1 aromatic carbocycles. The molecule has 0 saturated heterocycles. The number of ether oxygens (including phenoxy) is 4. The molecule has 0 aliphatic carbocycles. The van der Waals surface area contributed by atoms with Gasteiger partial charge in [-0.25, -0.2) is 4.79 Å². The van der Waals surface area contributed by atoms with Crippen molar-refractivity contribution in [1.82, 2.24) is 26.6 Å². The second-order valence-electron chi connectivity index (χ2n) is 16.8. The van der Waals surface area contributed by atoms with Gasteiger partial charge in [-0.1, -0.05) is 53.7 Å². The zero-order chi connectivity index (χ0) is 50.1. The molecule has 0 saturated carbocycles. The molecule has 0 heterocycles. The molecule has 0 unspecified atom stereocenters. The smallest absolute Gasteiger partial charge is 0.312 e. The standard InChI is InChI=1S/C46H75N7O14/c1-30(2)37(54)15-11-33-9-12-34(13-10-33)50-43(60)35(8-7-20-49-46(47)63)52-45(62)42(32(5)6)53-44(61)36(14-18-41(58)59)51-40(57)19-22-64-24-26-66-28-29-67-27-25-65-23-21-48-39(56)17-16-38(55)31(3)4/h9-10,12-13,30-32,35-36,42H,7-8,11,14-29H2,1-6H3,(H,48,56)(H,50,60)(H,51,57)(H,52,62)(H,53,61)(H,58,59)(H3,47,49,63)/t35-,36-,42-/m0/s1. The number of carbonyl (C=O) groups excluding carboxylic acids is 8. The molecule has 0 aliphatic rings. The van der Waals surface area contributed by atoms with Crippen molar-refractivity contribution in [2.75, 3.05) is 71.3 Å². The molecule has 0 aliphatic heterocycles. The fourth-order valence-electron chi connectivity index (χ4n) is 5.98. The van der Waals surface area contributed by atoms with E-state index in [2.05, 4.69) is 31.9 Å². The van der Waals surface area contributed by atoms with Gasteiger partial charge in [0.2, 0.25) is 29.5 Å². The van der Waals surface area contributed by atoms with E-state index in [4.69, 9.17) is 24.7 Å². The molecular weight excluding hydrogens is 875 g/mol. The Morgan fingerprint density at radius 3 is 1.66 bits per heavy atom. The molecular formula is C46H75N7O14. The van der Waals surface area contributed by atoms with Gasteiger partial charge in [0.1, 0.15) is 29.7 Å². The third-order valence-corrected chi connectivity index (χ3v) is 10.1. The van der Waals surface area contributed by atoms with E-state index >= 15 is 0 Å². The Labute approximate surface area is 393 Å². The molecule has 9 N–H and O–H groups in total. The highest BCUT2D eigenvalue weighted by Gasteiger charge is 2.32. The Morgan fingerprint density at radius 2 is 1.10 bits per heavy atom. The summed E-state index contributed by atoms with van der Waals surface area (Å²) in [6, 6.07) is 2.56. The predicted octanol–water partition coefficient (Wildman–Crippen LogP) is 1.78. The van der Waals surface area contributed by atoms with Crippen LogP contribution in [0.25, 0.3) is 0 Å². The van der Waals surface area contributed by atoms with Crippen LogP contribution in [0.1, 0.15) is 98.5 Å². The van der Waals surface area contributed by atoms with Crippen LogP contribution in [0.2, 0.25) is 0 Å². The van der Waals surface area contributed by atoms with E-state index in [0.717, 1.165) is 5.56 Å². The van der Waals surface area contributed by atoms with Crippen LogP contribution in [0.15, 0.2) is 24.3 Å². The summed E-state index contributed by atoms with van der Waals surface area (Å²) in [5.74, 6) is -4.55. The number of benzene rings is 1. The van der Waals surface area contributed by atoms with Crippen LogP contribution in [0.4, 0.5) is 10.5 Å². The zero-order valence-electron chi connectivity index (χ0n) is 40.0. The Bertz CT molecular complexity index is 1710. The Balaban J connectivity index is 2.61. The Hall–Kier alpha value is -5.51. The van der Waals surface area contributed by atoms with Crippen LogP contribution in [0, 0.1) is 17.8 Å². The van der Waals surface area contributed by atoms with Crippen molar-refractivity contribution in [3.63, 3.8) is 0 Å². The van der Waals surface area contributed by atoms with Crippen LogP contribution in [-0.4, -0.2) is 142 Å². The molecule has 0 bridgehead atoms. The molecule has 67 heavy (non-hydrogen) atoms. The third-order valence-electron chi connectivity index (χ3n) is 10.1. The van der Waals surface area contributed by atoms with Crippen molar-refractivity contribution in [3.8, 4) is 0 Å². The molecule has 3 atom stereocenters. The molecule has 1 rings (SSSR count). The Kier molecular flexibility index (Phi) is 30.9. The number of rotatable bonds is 38. The van der Waals surface area contributed by atoms with Gasteiger partial charge in [-0.2, -0.15) is 0 Å². The summed E-state index contributed by atoms with van der Waals surface area (Å²) >= 11 is 0. The quantitative estimate of drug-likeness (QED) is 0.0439. The van der Waals surface area contributed by atoms with Crippen molar-refractivity contribution < 1.29 is 67.2 Å². The van der Waals surface area contributed by atoms with Gasteiger partial charge in [0.05, 0.1) is 52.9 Å². The number of carboxylic acid groups (broad SMARTS) is 1. The van der Waals surface area contributed by atoms with E-state index < -0.39 is 66.1 Å². The minimum atomic E-state index is -1.31. The van der Waals surface area contributed by atoms with Gasteiger partial charge >= 0.3 is 12.0 Å². The maximum absolute atomic E-state index is 13.7. The first-order valence-electron chi connectivity index (χ1n) is 23.0. The van der Waals surface area contributed by atoms with E-state index in [9.17, 15) is 48.3 Å². The lowest BCUT2D eigenvalue weighted by Gasteiger charge is -2.27. The minimum absolute atomic E-state index is 0.0221. The lowest BCUT2D eigenvalue weighted by Crippen LogP contribution is -2.58. The molecule has 7 amide bonds. The highest BCUT2D eigenvalue weighted by molar-refractivity contribution is 5.99. The molecule has 0 radical (unpaired) electrons. The SMILES string of the molecule is CC(C)C(=O)CCC(=O)NCCOCCOCCOCCOCCC(=O)N[C@@H](CCC(=O)O)C(=O)N[C@H](C(=O)N[C@@H](CCCNC(N)=O)C(=O)Nc1ccc(CCC(=O)C(C)C)cc1)C(C)C. The number of carboxylic acids is 1. The average molecular weight is 950 g/mol. The first-order chi connectivity index (χ1) is 31.8. The van der Waals surface area contributed by atoms with E-state index in [-0.39, 0.29) is 101 Å². The van der Waals surface area contributed by atoms with Gasteiger partial charge in [0.15, 0.2) is 0 Å². The number of urea groups is 1. The van der Waals surface area contributed by atoms with Crippen LogP contribution in [0.5, 0.6) is 0 Å². The monoisotopic (exact) mass is 950 g/mol. The summed E-state index contributed by atoms with van der Waals surface area (Å²) in [5.41, 5.74) is 6.52. The van der Waals surface area contributed by atoms with Crippen LogP contribution in [0.3, 0.4) is 0 Å². The summed E-state index contributed by atoms with van der Waals surface area (Å²) in [5, 5.41) is 25.1. The molecule has 378 valence electrons. The number of ketones is 2. The van der Waals surface area contributed by atoms with Crippen molar-refractivity contribution in [2.24, 2.45) is 23.5 Å². The van der Waals surface area contributed by atoms with Gasteiger partial charge in [-0.3, -0.25) is 38.4 Å². The number of nitrogens with one attached hydrogen (secondary N) is 6. The minimum Gasteiger partial charge on any atom is -0.481 e. The van der Waals surface area contributed by atoms with Crippen molar-refractivity contribution >= 4 is 58.8 Å². The number of amides is 7. The van der Waals surface area contributed by atoms with Gasteiger partial charge < -0.3 is 61.7 Å². The summed E-state index contributed by atoms with van der Waals surface area (Å²) in [6.45, 7) is 13.0. The maximum Gasteiger partial charge on any atom is 0.312 e. The predicted molar refractivity (Wildman–Crippen MR) is 248 cm³/mol. The number of aliphatic carboxylic acids is 1. The van der Waals surface area contributed by atoms with Crippen molar-refractivity contribution in [2.45, 2.75) is 117 Å². The summed E-state index contributed by atoms with van der Waals surface area (Å²) < 4.78 is 21.8. The van der Waals surface area contributed by atoms with E-state index in [1.54, 1.807) is 52.0 Å². The van der Waals surface area contributed by atoms with Crippen LogP contribution >= 0.6 is 0 Å². The largest absolute Gasteiger partial charge is 0.481 e. The van der Waals surface area contributed by atoms with Gasteiger partial charge in [0, 0.05) is 62.7 Å². The molecule has 21 heteroatoms. The van der Waals surface area contributed by atoms with E-state index in [0.29, 0.717) is 51.5 Å². The number of primary amides is 1. The first-order valence-corrected chi connectivity index (χ1v) is 23.0. The summed E-state index contributed by atoms with van der Waals surface area (Å²) in [4.78, 5) is 112. The lowest BCUT2D eigenvalue weighted by molar-refractivity contribution is -0.138. The van der Waals surface area contributed by atoms with Gasteiger partial charge in [0.25, 0.3) is 0 Å². The zero-order valence-corrected chi connectivity index (χ0v) is 40.0.